The molecule has 2 amide bonds. The van der Waals surface area contributed by atoms with Gasteiger partial charge in [0.1, 0.15) is 0 Å². The van der Waals surface area contributed by atoms with Gasteiger partial charge in [0.25, 0.3) is 0 Å². The van der Waals surface area contributed by atoms with Crippen molar-refractivity contribution in [1.82, 2.24) is 25.1 Å². The highest BCUT2D eigenvalue weighted by molar-refractivity contribution is 5.81. The smallest absolute Gasteiger partial charge is 0.236 e. The Balaban J connectivity index is 1.76. The summed E-state index contributed by atoms with van der Waals surface area (Å²) in [5.41, 5.74) is -0.266. The lowest BCUT2D eigenvalue weighted by Crippen LogP contribution is -2.52. The lowest BCUT2D eigenvalue weighted by atomic mass is 10.1. The largest absolute Gasteiger partial charge is 0.350 e. The molecule has 1 fully saturated rings. The molecule has 0 radical (unpaired) electrons. The molecule has 25 heavy (non-hydrogen) atoms. The predicted molar refractivity (Wildman–Crippen MR) is 96.2 cm³/mol. The zero-order valence-corrected chi connectivity index (χ0v) is 15.5. The monoisotopic (exact) mass is 348 g/mol. The molecule has 8 heteroatoms. The average Bonchev–Trinajstić information content (AvgIpc) is 2.53. The summed E-state index contributed by atoms with van der Waals surface area (Å²) in [4.78, 5) is 38.5. The summed E-state index contributed by atoms with van der Waals surface area (Å²) in [6.45, 7) is 8.95. The van der Waals surface area contributed by atoms with Gasteiger partial charge in [-0.3, -0.25) is 14.5 Å². The molecular formula is C17H28N6O2. The van der Waals surface area contributed by atoms with E-state index in [1.165, 1.54) is 0 Å². The van der Waals surface area contributed by atoms with Gasteiger partial charge in [-0.2, -0.15) is 0 Å². The summed E-state index contributed by atoms with van der Waals surface area (Å²) >= 11 is 0. The van der Waals surface area contributed by atoms with Crippen LogP contribution in [0.1, 0.15) is 20.8 Å². The standard InChI is InChI=1S/C17H28N6O2/c1-17(2,3)20-14(24)12-21(4)13-15(25)22-8-10-23(11-9-22)16-18-6-5-7-19-16/h5-7H,8-13H2,1-4H3,(H,20,24). The summed E-state index contributed by atoms with van der Waals surface area (Å²) in [6.07, 6.45) is 3.44. The summed E-state index contributed by atoms with van der Waals surface area (Å²) in [5, 5.41) is 2.90. The Morgan fingerprint density at radius 3 is 2.28 bits per heavy atom. The number of carbonyl (C=O) groups is 2. The molecule has 2 rings (SSSR count). The summed E-state index contributed by atoms with van der Waals surface area (Å²) in [6, 6.07) is 1.79. The summed E-state index contributed by atoms with van der Waals surface area (Å²) < 4.78 is 0. The number of piperazine rings is 1. The minimum Gasteiger partial charge on any atom is -0.350 e. The highest BCUT2D eigenvalue weighted by Gasteiger charge is 2.24. The first-order chi connectivity index (χ1) is 11.7. The first-order valence-electron chi connectivity index (χ1n) is 8.54. The molecule has 1 N–H and O–H groups in total. The number of nitrogens with one attached hydrogen (secondary N) is 1. The van der Waals surface area contributed by atoms with Crippen LogP contribution in [0.25, 0.3) is 0 Å². The summed E-state index contributed by atoms with van der Waals surface area (Å²) in [5.74, 6) is 0.666. The van der Waals surface area contributed by atoms with E-state index in [4.69, 9.17) is 0 Å². The second kappa shape index (κ2) is 8.24. The maximum Gasteiger partial charge on any atom is 0.236 e. The predicted octanol–water partition coefficient (Wildman–Crippen LogP) is -0.0283. The Labute approximate surface area is 149 Å². The van der Waals surface area contributed by atoms with Crippen LogP contribution in [0, 0.1) is 0 Å². The number of likely N-dealkylation sites (N-methyl/N-ethyl adjacent to an activating group) is 1. The van der Waals surface area contributed by atoms with Crippen molar-refractivity contribution in [1.29, 1.82) is 0 Å². The molecule has 0 spiro atoms. The van der Waals surface area contributed by atoms with E-state index in [1.54, 1.807) is 30.4 Å². The highest BCUT2D eigenvalue weighted by atomic mass is 16.2. The van der Waals surface area contributed by atoms with Gasteiger partial charge in [-0.25, -0.2) is 9.97 Å². The molecule has 1 aromatic heterocycles. The van der Waals surface area contributed by atoms with Crippen LogP contribution in [0.4, 0.5) is 5.95 Å². The fraction of sp³-hybridized carbons (Fsp3) is 0.647. The van der Waals surface area contributed by atoms with Crippen LogP contribution in [-0.2, 0) is 9.59 Å². The van der Waals surface area contributed by atoms with E-state index >= 15 is 0 Å². The normalized spacial score (nSPS) is 15.4. The van der Waals surface area contributed by atoms with Crippen molar-refractivity contribution in [2.75, 3.05) is 51.2 Å². The van der Waals surface area contributed by atoms with Crippen molar-refractivity contribution in [3.8, 4) is 0 Å². The fourth-order valence-corrected chi connectivity index (χ4v) is 2.70. The Morgan fingerprint density at radius 2 is 1.72 bits per heavy atom. The van der Waals surface area contributed by atoms with E-state index in [2.05, 4.69) is 20.2 Å². The maximum atomic E-state index is 12.4. The van der Waals surface area contributed by atoms with E-state index in [0.29, 0.717) is 32.1 Å². The molecule has 138 valence electrons. The van der Waals surface area contributed by atoms with Crippen LogP contribution in [-0.4, -0.2) is 83.4 Å². The van der Waals surface area contributed by atoms with Crippen LogP contribution in [0.15, 0.2) is 18.5 Å². The molecule has 0 atom stereocenters. The van der Waals surface area contributed by atoms with Gasteiger partial charge < -0.3 is 15.1 Å². The Kier molecular flexibility index (Phi) is 6.30. The van der Waals surface area contributed by atoms with Crippen LogP contribution < -0.4 is 10.2 Å². The zero-order chi connectivity index (χ0) is 18.4. The van der Waals surface area contributed by atoms with Crippen molar-refractivity contribution in [3.63, 3.8) is 0 Å². The third kappa shape index (κ3) is 6.30. The van der Waals surface area contributed by atoms with E-state index in [-0.39, 0.29) is 30.4 Å². The second-order valence-electron chi connectivity index (χ2n) is 7.39. The molecule has 1 aliphatic heterocycles. The van der Waals surface area contributed by atoms with E-state index in [1.807, 2.05) is 25.7 Å². The van der Waals surface area contributed by atoms with Gasteiger partial charge in [0.15, 0.2) is 0 Å². The number of aromatic nitrogens is 2. The molecule has 0 aliphatic carbocycles. The van der Waals surface area contributed by atoms with Gasteiger partial charge >= 0.3 is 0 Å². The molecule has 0 unspecified atom stereocenters. The van der Waals surface area contributed by atoms with Gasteiger partial charge in [-0.1, -0.05) is 0 Å². The second-order valence-corrected chi connectivity index (χ2v) is 7.39. The summed E-state index contributed by atoms with van der Waals surface area (Å²) in [7, 11) is 1.79. The number of anilines is 1. The molecule has 1 aliphatic rings. The van der Waals surface area contributed by atoms with Gasteiger partial charge in [-0.05, 0) is 33.9 Å². The Morgan fingerprint density at radius 1 is 1.12 bits per heavy atom. The van der Waals surface area contributed by atoms with Crippen molar-refractivity contribution in [2.45, 2.75) is 26.3 Å². The van der Waals surface area contributed by atoms with Crippen molar-refractivity contribution in [2.24, 2.45) is 0 Å². The molecule has 1 aromatic rings. The van der Waals surface area contributed by atoms with Crippen molar-refractivity contribution >= 4 is 17.8 Å². The topological polar surface area (TPSA) is 81.7 Å². The minimum absolute atomic E-state index is 0.0414. The number of nitrogens with zero attached hydrogens (tertiary/aromatic N) is 5. The van der Waals surface area contributed by atoms with Crippen LogP contribution in [0.5, 0.6) is 0 Å². The first kappa shape index (κ1) is 19.1. The fourth-order valence-electron chi connectivity index (χ4n) is 2.70. The lowest BCUT2D eigenvalue weighted by molar-refractivity contribution is -0.133. The number of carbonyl (C=O) groups excluding carboxylic acids is 2. The highest BCUT2D eigenvalue weighted by Crippen LogP contribution is 2.10. The van der Waals surface area contributed by atoms with E-state index in [0.717, 1.165) is 0 Å². The number of rotatable bonds is 5. The average molecular weight is 348 g/mol. The van der Waals surface area contributed by atoms with Gasteiger partial charge in [-0.15, -0.1) is 0 Å². The molecule has 1 saturated heterocycles. The van der Waals surface area contributed by atoms with Crippen LogP contribution in [0.3, 0.4) is 0 Å². The minimum atomic E-state index is -0.266. The Hall–Kier alpha value is -2.22. The Bertz CT molecular complexity index is 579. The quantitative estimate of drug-likeness (QED) is 0.805. The zero-order valence-electron chi connectivity index (χ0n) is 15.5. The molecule has 0 aromatic carbocycles. The number of hydrogen-bond acceptors (Lipinski definition) is 6. The SMILES string of the molecule is CN(CC(=O)NC(C)(C)C)CC(=O)N1CCN(c2ncccn2)CC1. The molecule has 0 bridgehead atoms. The van der Waals surface area contributed by atoms with Gasteiger partial charge in [0.05, 0.1) is 13.1 Å². The third-order valence-corrected chi connectivity index (χ3v) is 3.80. The van der Waals surface area contributed by atoms with Gasteiger partial charge in [0, 0.05) is 44.1 Å². The molecule has 2 heterocycles. The number of amides is 2. The number of hydrogen-bond donors (Lipinski definition) is 1. The van der Waals surface area contributed by atoms with Crippen LogP contribution in [0.2, 0.25) is 0 Å². The molecule has 0 saturated carbocycles. The maximum absolute atomic E-state index is 12.4. The molecular weight excluding hydrogens is 320 g/mol. The van der Waals surface area contributed by atoms with E-state index in [9.17, 15) is 9.59 Å². The van der Waals surface area contributed by atoms with Crippen molar-refractivity contribution < 1.29 is 9.59 Å². The molecule has 8 nitrogen and oxygen atoms in total. The van der Waals surface area contributed by atoms with Gasteiger partial charge in [0.2, 0.25) is 17.8 Å². The first-order valence-corrected chi connectivity index (χ1v) is 8.54. The van der Waals surface area contributed by atoms with E-state index < -0.39 is 0 Å². The van der Waals surface area contributed by atoms with Crippen LogP contribution >= 0.6 is 0 Å². The van der Waals surface area contributed by atoms with Crippen molar-refractivity contribution in [3.05, 3.63) is 18.5 Å². The lowest BCUT2D eigenvalue weighted by Gasteiger charge is -2.35. The third-order valence-electron chi connectivity index (χ3n) is 3.80.